The predicted molar refractivity (Wildman–Crippen MR) is 81.8 cm³/mol. The van der Waals surface area contributed by atoms with Crippen LogP contribution in [0, 0.1) is 5.82 Å². The maximum Gasteiger partial charge on any atom is 0.225 e. The van der Waals surface area contributed by atoms with Crippen LogP contribution in [0.4, 0.5) is 4.39 Å². The summed E-state index contributed by atoms with van der Waals surface area (Å²) in [6.07, 6.45) is 0. The summed E-state index contributed by atoms with van der Waals surface area (Å²) in [5.74, 6) is 0.389. The number of benzene rings is 2. The molecule has 1 N–H and O–H groups in total. The highest BCUT2D eigenvalue weighted by Gasteiger charge is 2.11. The summed E-state index contributed by atoms with van der Waals surface area (Å²) in [5, 5.41) is 10.4. The topological polar surface area (TPSA) is 42.4 Å². The summed E-state index contributed by atoms with van der Waals surface area (Å²) in [6, 6.07) is 13.5. The van der Waals surface area contributed by atoms with E-state index in [1.54, 1.807) is 0 Å². The van der Waals surface area contributed by atoms with Crippen LogP contribution in [-0.2, 0) is 6.61 Å². The Labute approximate surface area is 129 Å². The molecule has 3 rings (SSSR count). The fraction of sp³-hybridized carbons (Fsp3) is 0.0625. The summed E-state index contributed by atoms with van der Waals surface area (Å²) >= 11 is 3.25. The Kier molecular flexibility index (Phi) is 3.86. The van der Waals surface area contributed by atoms with Crippen molar-refractivity contribution in [2.24, 2.45) is 0 Å². The Morgan fingerprint density at radius 1 is 1.14 bits per heavy atom. The largest absolute Gasteiger partial charge is 0.437 e. The number of hydrogen-bond donors (Lipinski definition) is 1. The molecule has 106 valence electrons. The van der Waals surface area contributed by atoms with Gasteiger partial charge < -0.3 is 9.84 Å². The monoisotopic (exact) mass is 347 g/mol. The Hall–Kier alpha value is -1.98. The average Bonchev–Trinajstić information content (AvgIpc) is 2.49. The van der Waals surface area contributed by atoms with E-state index in [1.165, 1.54) is 18.2 Å². The first-order valence-corrected chi connectivity index (χ1v) is 7.09. The standard InChI is InChI=1S/C16H11BrFNO2/c17-13-8-12(18)5-6-15(13)21-16-11(9-20)7-10-3-1-2-4-14(10)19-16/h1-8,20H,9H2. The zero-order valence-electron chi connectivity index (χ0n) is 10.9. The maximum absolute atomic E-state index is 13.1. The second-order valence-electron chi connectivity index (χ2n) is 4.48. The van der Waals surface area contributed by atoms with Crippen LogP contribution in [-0.4, -0.2) is 10.1 Å². The number of ether oxygens (including phenoxy) is 1. The quantitative estimate of drug-likeness (QED) is 0.762. The molecule has 0 radical (unpaired) electrons. The van der Waals surface area contributed by atoms with E-state index >= 15 is 0 Å². The molecule has 21 heavy (non-hydrogen) atoms. The molecule has 3 nitrogen and oxygen atoms in total. The number of rotatable bonds is 3. The molecule has 0 amide bonds. The van der Waals surface area contributed by atoms with Crippen LogP contribution in [0.1, 0.15) is 5.56 Å². The molecular weight excluding hydrogens is 337 g/mol. The molecule has 0 aliphatic rings. The summed E-state index contributed by atoms with van der Waals surface area (Å²) < 4.78 is 19.3. The van der Waals surface area contributed by atoms with Crippen molar-refractivity contribution in [2.75, 3.05) is 0 Å². The summed E-state index contributed by atoms with van der Waals surface area (Å²) in [4.78, 5) is 4.41. The van der Waals surface area contributed by atoms with Crippen LogP contribution < -0.4 is 4.74 Å². The highest BCUT2D eigenvalue weighted by Crippen LogP contribution is 2.32. The van der Waals surface area contributed by atoms with Gasteiger partial charge >= 0.3 is 0 Å². The van der Waals surface area contributed by atoms with Gasteiger partial charge in [-0.3, -0.25) is 0 Å². The van der Waals surface area contributed by atoms with E-state index in [9.17, 15) is 9.50 Å². The van der Waals surface area contributed by atoms with Crippen molar-refractivity contribution in [3.05, 3.63) is 64.4 Å². The molecule has 0 aliphatic carbocycles. The van der Waals surface area contributed by atoms with Crippen molar-refractivity contribution in [2.45, 2.75) is 6.61 Å². The third kappa shape index (κ3) is 2.89. The average molecular weight is 348 g/mol. The van der Waals surface area contributed by atoms with Gasteiger partial charge in [-0.25, -0.2) is 9.37 Å². The smallest absolute Gasteiger partial charge is 0.225 e. The molecule has 3 aromatic rings. The van der Waals surface area contributed by atoms with E-state index < -0.39 is 0 Å². The van der Waals surface area contributed by atoms with Crippen molar-refractivity contribution >= 4 is 26.8 Å². The lowest BCUT2D eigenvalue weighted by Gasteiger charge is -2.11. The summed E-state index contributed by atoms with van der Waals surface area (Å²) in [7, 11) is 0. The third-order valence-electron chi connectivity index (χ3n) is 3.03. The summed E-state index contributed by atoms with van der Waals surface area (Å²) in [6.45, 7) is -0.189. The lowest BCUT2D eigenvalue weighted by molar-refractivity contribution is 0.275. The number of pyridine rings is 1. The Morgan fingerprint density at radius 3 is 2.71 bits per heavy atom. The number of aliphatic hydroxyl groups excluding tert-OH is 1. The Bertz CT molecular complexity index is 807. The molecule has 0 aliphatic heterocycles. The molecule has 0 atom stereocenters. The molecule has 0 unspecified atom stereocenters. The van der Waals surface area contributed by atoms with Gasteiger partial charge in [0.2, 0.25) is 5.88 Å². The van der Waals surface area contributed by atoms with E-state index in [0.717, 1.165) is 10.9 Å². The highest BCUT2D eigenvalue weighted by molar-refractivity contribution is 9.10. The molecular formula is C16H11BrFNO2. The van der Waals surface area contributed by atoms with E-state index in [0.29, 0.717) is 21.7 Å². The van der Waals surface area contributed by atoms with Gasteiger partial charge in [0.25, 0.3) is 0 Å². The minimum absolute atomic E-state index is 0.189. The minimum atomic E-state index is -0.358. The van der Waals surface area contributed by atoms with Crippen molar-refractivity contribution in [3.8, 4) is 11.6 Å². The van der Waals surface area contributed by atoms with Crippen LogP contribution in [0.25, 0.3) is 10.9 Å². The molecule has 5 heteroatoms. The second kappa shape index (κ2) is 5.79. The summed E-state index contributed by atoms with van der Waals surface area (Å²) in [5.41, 5.74) is 1.34. The van der Waals surface area contributed by atoms with Crippen LogP contribution in [0.2, 0.25) is 0 Å². The van der Waals surface area contributed by atoms with E-state index in [1.807, 2.05) is 30.3 Å². The first-order chi connectivity index (χ1) is 10.2. The van der Waals surface area contributed by atoms with Crippen molar-refractivity contribution in [1.82, 2.24) is 4.98 Å². The van der Waals surface area contributed by atoms with Gasteiger partial charge in [-0.1, -0.05) is 18.2 Å². The highest BCUT2D eigenvalue weighted by atomic mass is 79.9. The molecule has 0 spiro atoms. The number of halogens is 2. The molecule has 0 fully saturated rings. The Balaban J connectivity index is 2.06. The van der Waals surface area contributed by atoms with Crippen LogP contribution in [0.15, 0.2) is 53.0 Å². The fourth-order valence-electron chi connectivity index (χ4n) is 2.01. The lowest BCUT2D eigenvalue weighted by atomic mass is 10.1. The number of aliphatic hydroxyl groups is 1. The number of hydrogen-bond acceptors (Lipinski definition) is 3. The fourth-order valence-corrected chi connectivity index (χ4v) is 2.44. The molecule has 0 bridgehead atoms. The van der Waals surface area contributed by atoms with Crippen LogP contribution in [0.5, 0.6) is 11.6 Å². The third-order valence-corrected chi connectivity index (χ3v) is 3.65. The molecule has 0 saturated carbocycles. The van der Waals surface area contributed by atoms with Gasteiger partial charge in [0, 0.05) is 10.9 Å². The van der Waals surface area contributed by atoms with Gasteiger partial charge in [0.15, 0.2) is 0 Å². The van der Waals surface area contributed by atoms with Crippen molar-refractivity contribution in [3.63, 3.8) is 0 Å². The lowest BCUT2D eigenvalue weighted by Crippen LogP contribution is -1.96. The van der Waals surface area contributed by atoms with Crippen LogP contribution in [0.3, 0.4) is 0 Å². The molecule has 1 aromatic heterocycles. The minimum Gasteiger partial charge on any atom is -0.437 e. The van der Waals surface area contributed by atoms with Crippen molar-refractivity contribution < 1.29 is 14.2 Å². The van der Waals surface area contributed by atoms with Gasteiger partial charge in [0.1, 0.15) is 11.6 Å². The molecule has 1 heterocycles. The van der Waals surface area contributed by atoms with Gasteiger partial charge in [-0.15, -0.1) is 0 Å². The predicted octanol–water partition coefficient (Wildman–Crippen LogP) is 4.42. The van der Waals surface area contributed by atoms with Gasteiger partial charge in [0.05, 0.1) is 16.6 Å². The van der Waals surface area contributed by atoms with E-state index in [4.69, 9.17) is 4.74 Å². The van der Waals surface area contributed by atoms with Gasteiger partial charge in [-0.2, -0.15) is 0 Å². The molecule has 2 aromatic carbocycles. The SMILES string of the molecule is OCc1cc2ccccc2nc1Oc1ccc(F)cc1Br. The number of aromatic nitrogens is 1. The molecule has 0 saturated heterocycles. The zero-order valence-corrected chi connectivity index (χ0v) is 12.5. The normalized spacial score (nSPS) is 10.8. The van der Waals surface area contributed by atoms with Gasteiger partial charge in [-0.05, 0) is 46.3 Å². The maximum atomic E-state index is 13.1. The number of fused-ring (bicyclic) bond motifs is 1. The number of para-hydroxylation sites is 1. The van der Waals surface area contributed by atoms with E-state index in [-0.39, 0.29) is 12.4 Å². The van der Waals surface area contributed by atoms with E-state index in [2.05, 4.69) is 20.9 Å². The first kappa shape index (κ1) is 14.0. The number of nitrogens with zero attached hydrogens (tertiary/aromatic N) is 1. The van der Waals surface area contributed by atoms with Crippen molar-refractivity contribution in [1.29, 1.82) is 0 Å². The zero-order chi connectivity index (χ0) is 14.8. The van der Waals surface area contributed by atoms with Crippen LogP contribution >= 0.6 is 15.9 Å². The first-order valence-electron chi connectivity index (χ1n) is 6.30. The second-order valence-corrected chi connectivity index (χ2v) is 5.33. The Morgan fingerprint density at radius 2 is 1.95 bits per heavy atom.